The summed E-state index contributed by atoms with van der Waals surface area (Å²) in [6.45, 7) is 0.701. The number of hydrogen-bond acceptors (Lipinski definition) is 3. The van der Waals surface area contributed by atoms with Gasteiger partial charge in [0.15, 0.2) is 0 Å². The number of amidine groups is 1. The Morgan fingerprint density at radius 2 is 1.67 bits per heavy atom. The predicted molar refractivity (Wildman–Crippen MR) is 74.7 cm³/mol. The van der Waals surface area contributed by atoms with Gasteiger partial charge in [0.1, 0.15) is 5.84 Å². The number of nitrogen functional groups attached to an aromatic ring is 1. The molecule has 2 aromatic carbocycles. The average Bonchev–Trinajstić information content (AvgIpc) is 2.41. The minimum atomic E-state index is 0.272. The van der Waals surface area contributed by atoms with E-state index in [1.807, 2.05) is 30.3 Å². The summed E-state index contributed by atoms with van der Waals surface area (Å²) >= 11 is 0. The van der Waals surface area contributed by atoms with E-state index in [9.17, 15) is 0 Å². The molecule has 0 aliphatic carbocycles. The number of benzene rings is 2. The number of hydrogen-bond donors (Lipinski definition) is 2. The summed E-state index contributed by atoms with van der Waals surface area (Å²) in [6.07, 6.45) is 0. The van der Waals surface area contributed by atoms with Crippen LogP contribution in [0.1, 0.15) is 22.6 Å². The van der Waals surface area contributed by atoms with E-state index in [0.29, 0.717) is 12.4 Å². The molecular formula is C15H15N3. The van der Waals surface area contributed by atoms with E-state index in [4.69, 9.17) is 11.5 Å². The van der Waals surface area contributed by atoms with Gasteiger partial charge in [0.25, 0.3) is 0 Å². The maximum absolute atomic E-state index is 5.94. The maximum Gasteiger partial charge on any atom is 0.125 e. The quantitative estimate of drug-likeness (QED) is 0.746. The van der Waals surface area contributed by atoms with Crippen molar-refractivity contribution in [3.8, 4) is 0 Å². The molecule has 1 aliphatic heterocycles. The van der Waals surface area contributed by atoms with E-state index in [1.165, 1.54) is 11.1 Å². The van der Waals surface area contributed by atoms with E-state index in [0.717, 1.165) is 11.3 Å². The predicted octanol–water partition coefficient (Wildman–Crippen LogP) is 2.12. The largest absolute Gasteiger partial charge is 0.399 e. The number of rotatable bonds is 1. The molecule has 3 heteroatoms. The molecule has 3 rings (SSSR count). The molecule has 0 bridgehead atoms. The second-order valence-electron chi connectivity index (χ2n) is 4.53. The molecule has 0 saturated heterocycles. The van der Waals surface area contributed by atoms with Crippen LogP contribution in [0.25, 0.3) is 0 Å². The Hall–Kier alpha value is -2.29. The first-order valence-electron chi connectivity index (χ1n) is 6.00. The zero-order valence-electron chi connectivity index (χ0n) is 10.0. The van der Waals surface area contributed by atoms with Gasteiger partial charge in [-0.3, -0.25) is 4.99 Å². The van der Waals surface area contributed by atoms with Gasteiger partial charge < -0.3 is 11.5 Å². The van der Waals surface area contributed by atoms with E-state index >= 15 is 0 Å². The lowest BCUT2D eigenvalue weighted by atomic mass is 9.86. The molecule has 0 spiro atoms. The summed E-state index contributed by atoms with van der Waals surface area (Å²) in [5.41, 5.74) is 16.0. The lowest BCUT2D eigenvalue weighted by Gasteiger charge is -2.23. The summed E-state index contributed by atoms with van der Waals surface area (Å²) < 4.78 is 0. The van der Waals surface area contributed by atoms with Crippen LogP contribution < -0.4 is 11.5 Å². The van der Waals surface area contributed by atoms with Crippen molar-refractivity contribution >= 4 is 11.5 Å². The molecule has 0 aromatic heterocycles. The number of anilines is 1. The fourth-order valence-corrected chi connectivity index (χ4v) is 2.42. The van der Waals surface area contributed by atoms with Gasteiger partial charge in [-0.05, 0) is 23.3 Å². The van der Waals surface area contributed by atoms with Gasteiger partial charge in [0, 0.05) is 17.2 Å². The fourth-order valence-electron chi connectivity index (χ4n) is 2.42. The van der Waals surface area contributed by atoms with Crippen LogP contribution in [0.3, 0.4) is 0 Å². The van der Waals surface area contributed by atoms with Crippen molar-refractivity contribution in [1.82, 2.24) is 0 Å². The number of fused-ring (bicyclic) bond motifs is 1. The molecule has 2 aromatic rings. The Balaban J connectivity index is 2.08. The first-order valence-corrected chi connectivity index (χ1v) is 6.00. The molecule has 3 nitrogen and oxygen atoms in total. The molecular weight excluding hydrogens is 222 g/mol. The van der Waals surface area contributed by atoms with Gasteiger partial charge in [-0.15, -0.1) is 0 Å². The van der Waals surface area contributed by atoms with Crippen LogP contribution in [0, 0.1) is 0 Å². The van der Waals surface area contributed by atoms with Gasteiger partial charge in [0.05, 0.1) is 6.54 Å². The third-order valence-corrected chi connectivity index (χ3v) is 3.40. The van der Waals surface area contributed by atoms with E-state index in [2.05, 4.69) is 23.2 Å². The van der Waals surface area contributed by atoms with Gasteiger partial charge in [-0.25, -0.2) is 0 Å². The van der Waals surface area contributed by atoms with Crippen molar-refractivity contribution in [3.63, 3.8) is 0 Å². The monoisotopic (exact) mass is 237 g/mol. The van der Waals surface area contributed by atoms with Gasteiger partial charge in [-0.2, -0.15) is 0 Å². The van der Waals surface area contributed by atoms with Crippen molar-refractivity contribution in [3.05, 3.63) is 65.2 Å². The molecule has 1 aliphatic rings. The maximum atomic E-state index is 5.94. The zero-order valence-corrected chi connectivity index (χ0v) is 10.0. The highest BCUT2D eigenvalue weighted by Crippen LogP contribution is 2.31. The van der Waals surface area contributed by atoms with Crippen LogP contribution in [-0.2, 0) is 0 Å². The SMILES string of the molecule is NC1=NC[C@@H](c2ccc(N)cc2)c2ccccc21. The second-order valence-corrected chi connectivity index (χ2v) is 4.53. The molecule has 1 atom stereocenters. The molecule has 90 valence electrons. The Bertz CT molecular complexity index is 599. The Kier molecular flexibility index (Phi) is 2.52. The van der Waals surface area contributed by atoms with Crippen molar-refractivity contribution < 1.29 is 0 Å². The van der Waals surface area contributed by atoms with E-state index in [1.54, 1.807) is 0 Å². The summed E-state index contributed by atoms with van der Waals surface area (Å²) in [7, 11) is 0. The van der Waals surface area contributed by atoms with Crippen molar-refractivity contribution in [2.45, 2.75) is 5.92 Å². The number of nitrogens with two attached hydrogens (primary N) is 2. The normalized spacial score (nSPS) is 18.0. The topological polar surface area (TPSA) is 64.4 Å². The Morgan fingerprint density at radius 1 is 0.944 bits per heavy atom. The van der Waals surface area contributed by atoms with Crippen molar-refractivity contribution in [1.29, 1.82) is 0 Å². The third kappa shape index (κ3) is 1.74. The summed E-state index contributed by atoms with van der Waals surface area (Å²) in [5, 5.41) is 0. The van der Waals surface area contributed by atoms with Crippen LogP contribution in [0.4, 0.5) is 5.69 Å². The second kappa shape index (κ2) is 4.18. The smallest absolute Gasteiger partial charge is 0.125 e. The van der Waals surface area contributed by atoms with Gasteiger partial charge >= 0.3 is 0 Å². The van der Waals surface area contributed by atoms with Crippen molar-refractivity contribution in [2.24, 2.45) is 10.7 Å². The lowest BCUT2D eigenvalue weighted by Crippen LogP contribution is -2.24. The molecule has 0 unspecified atom stereocenters. The van der Waals surface area contributed by atoms with Crippen LogP contribution >= 0.6 is 0 Å². The first-order chi connectivity index (χ1) is 8.75. The zero-order chi connectivity index (χ0) is 12.5. The molecule has 0 radical (unpaired) electrons. The lowest BCUT2D eigenvalue weighted by molar-refractivity contribution is 0.801. The molecule has 0 fully saturated rings. The number of nitrogens with zero attached hydrogens (tertiary/aromatic N) is 1. The Morgan fingerprint density at radius 3 is 2.44 bits per heavy atom. The minimum Gasteiger partial charge on any atom is -0.399 e. The number of aliphatic imine (C=N–C) groups is 1. The van der Waals surface area contributed by atoms with Gasteiger partial charge in [0.2, 0.25) is 0 Å². The molecule has 18 heavy (non-hydrogen) atoms. The summed E-state index contributed by atoms with van der Waals surface area (Å²) in [5.74, 6) is 0.909. The highest BCUT2D eigenvalue weighted by molar-refractivity contribution is 6.00. The third-order valence-electron chi connectivity index (χ3n) is 3.40. The van der Waals surface area contributed by atoms with Crippen LogP contribution in [0.2, 0.25) is 0 Å². The Labute approximate surface area is 106 Å². The standard InChI is InChI=1S/C15H15N3/c16-11-7-5-10(6-8-11)14-9-18-15(17)13-4-2-1-3-12(13)14/h1-8,14H,9,16H2,(H2,17,18)/t14-/m0/s1. The van der Waals surface area contributed by atoms with Crippen LogP contribution in [0.15, 0.2) is 53.5 Å². The molecule has 0 amide bonds. The highest BCUT2D eigenvalue weighted by Gasteiger charge is 2.22. The molecule has 4 N–H and O–H groups in total. The minimum absolute atomic E-state index is 0.272. The highest BCUT2D eigenvalue weighted by atomic mass is 14.9. The van der Waals surface area contributed by atoms with Crippen LogP contribution in [-0.4, -0.2) is 12.4 Å². The summed E-state index contributed by atoms with van der Waals surface area (Å²) in [4.78, 5) is 4.41. The first kappa shape index (κ1) is 10.8. The molecule has 0 saturated carbocycles. The summed E-state index contributed by atoms with van der Waals surface area (Å²) in [6, 6.07) is 16.2. The van der Waals surface area contributed by atoms with E-state index in [-0.39, 0.29) is 5.92 Å². The van der Waals surface area contributed by atoms with Gasteiger partial charge in [-0.1, -0.05) is 36.4 Å². The molecule has 1 heterocycles. The van der Waals surface area contributed by atoms with Crippen LogP contribution in [0.5, 0.6) is 0 Å². The van der Waals surface area contributed by atoms with Crippen molar-refractivity contribution in [2.75, 3.05) is 12.3 Å². The fraction of sp³-hybridized carbons (Fsp3) is 0.133. The average molecular weight is 237 g/mol. The van der Waals surface area contributed by atoms with E-state index < -0.39 is 0 Å².